The Morgan fingerprint density at radius 2 is 1.64 bits per heavy atom. The van der Waals surface area contributed by atoms with Gasteiger partial charge in [0.1, 0.15) is 19.0 Å². The van der Waals surface area contributed by atoms with Crippen LogP contribution < -0.4 is 4.74 Å². The fourth-order valence-electron chi connectivity index (χ4n) is 3.31. The number of aliphatic carboxylic acids is 1. The number of methoxy groups -OCH3 is 1. The van der Waals surface area contributed by atoms with Gasteiger partial charge in [0, 0.05) is 26.7 Å². The highest BCUT2D eigenvalue weighted by molar-refractivity contribution is 5.72. The van der Waals surface area contributed by atoms with Crippen LogP contribution in [-0.4, -0.2) is 74.8 Å². The van der Waals surface area contributed by atoms with E-state index >= 15 is 0 Å². The van der Waals surface area contributed by atoms with Crippen LogP contribution in [0, 0.1) is 0 Å². The molecule has 8 nitrogen and oxygen atoms in total. The SMILES string of the molecule is CCCCCCCCN(CCOc1ccc(CC(OCC)C(=O)O)cc1)C(=O)OCCOC. The Morgan fingerprint density at radius 1 is 0.939 bits per heavy atom. The van der Waals surface area contributed by atoms with E-state index in [4.69, 9.17) is 18.9 Å². The maximum Gasteiger partial charge on any atom is 0.409 e. The Kier molecular flexibility index (Phi) is 15.8. The van der Waals surface area contributed by atoms with Crippen molar-refractivity contribution in [3.8, 4) is 5.75 Å². The number of unbranched alkanes of at least 4 members (excludes halogenated alkanes) is 5. The van der Waals surface area contributed by atoms with Crippen molar-refractivity contribution in [2.45, 2.75) is 64.9 Å². The predicted octanol–water partition coefficient (Wildman–Crippen LogP) is 4.54. The number of ether oxygens (including phenoxy) is 4. The summed E-state index contributed by atoms with van der Waals surface area (Å²) in [5, 5.41) is 9.22. The van der Waals surface area contributed by atoms with E-state index in [0.29, 0.717) is 45.1 Å². The standard InChI is InChI=1S/C25H41NO7/c1-4-6-7-8-9-10-15-26(25(29)33-19-18-30-3)16-17-32-22-13-11-21(12-14-22)20-23(24(27)28)31-5-2/h11-14,23H,4-10,15-20H2,1-3H3,(H,27,28). The van der Waals surface area contributed by atoms with E-state index in [1.807, 2.05) is 12.1 Å². The third-order valence-corrected chi connectivity index (χ3v) is 5.17. The zero-order chi connectivity index (χ0) is 24.3. The smallest absolute Gasteiger partial charge is 0.409 e. The van der Waals surface area contributed by atoms with Gasteiger partial charge in [-0.05, 0) is 31.0 Å². The Bertz CT molecular complexity index is 651. The second-order valence-electron chi connectivity index (χ2n) is 7.84. The Morgan fingerprint density at radius 3 is 2.27 bits per heavy atom. The lowest BCUT2D eigenvalue weighted by atomic mass is 10.1. The second kappa shape index (κ2) is 18.1. The zero-order valence-corrected chi connectivity index (χ0v) is 20.4. The molecule has 1 unspecified atom stereocenters. The summed E-state index contributed by atoms with van der Waals surface area (Å²) in [6.45, 7) is 6.30. The van der Waals surface area contributed by atoms with Crippen LogP contribution in [-0.2, 0) is 25.4 Å². The van der Waals surface area contributed by atoms with E-state index in [1.54, 1.807) is 31.1 Å². The van der Waals surface area contributed by atoms with Crippen LogP contribution in [0.25, 0.3) is 0 Å². The molecule has 0 bridgehead atoms. The molecule has 0 aliphatic carbocycles. The summed E-state index contributed by atoms with van der Waals surface area (Å²) in [5.74, 6) is -0.311. The predicted molar refractivity (Wildman–Crippen MR) is 127 cm³/mol. The largest absolute Gasteiger partial charge is 0.492 e. The number of carboxylic acids is 1. The minimum absolute atomic E-state index is 0.226. The highest BCUT2D eigenvalue weighted by atomic mass is 16.6. The van der Waals surface area contributed by atoms with Gasteiger partial charge in [-0.2, -0.15) is 0 Å². The second-order valence-corrected chi connectivity index (χ2v) is 7.84. The minimum Gasteiger partial charge on any atom is -0.492 e. The van der Waals surface area contributed by atoms with Crippen LogP contribution in [0.5, 0.6) is 5.75 Å². The van der Waals surface area contributed by atoms with E-state index in [0.717, 1.165) is 18.4 Å². The minimum atomic E-state index is -0.972. The molecule has 0 fully saturated rings. The molecule has 1 N–H and O–H groups in total. The van der Waals surface area contributed by atoms with Crippen LogP contribution in [0.1, 0.15) is 57.9 Å². The number of carbonyl (C=O) groups excluding carboxylic acids is 1. The van der Waals surface area contributed by atoms with Crippen LogP contribution in [0.2, 0.25) is 0 Å². The summed E-state index contributed by atoms with van der Waals surface area (Å²) in [7, 11) is 1.57. The van der Waals surface area contributed by atoms with Gasteiger partial charge < -0.3 is 29.0 Å². The molecule has 0 saturated heterocycles. The van der Waals surface area contributed by atoms with E-state index in [-0.39, 0.29) is 12.7 Å². The van der Waals surface area contributed by atoms with Gasteiger partial charge >= 0.3 is 12.1 Å². The van der Waals surface area contributed by atoms with Crippen molar-refractivity contribution < 1.29 is 33.6 Å². The number of rotatable bonds is 19. The average Bonchev–Trinajstić information content (AvgIpc) is 2.80. The third kappa shape index (κ3) is 13.1. The van der Waals surface area contributed by atoms with Crippen molar-refractivity contribution in [3.05, 3.63) is 29.8 Å². The summed E-state index contributed by atoms with van der Waals surface area (Å²) in [5.41, 5.74) is 0.856. The molecule has 0 aliphatic heterocycles. The molecule has 0 radical (unpaired) electrons. The normalized spacial score (nSPS) is 11.7. The molecule has 33 heavy (non-hydrogen) atoms. The molecular weight excluding hydrogens is 426 g/mol. The lowest BCUT2D eigenvalue weighted by Gasteiger charge is -2.22. The van der Waals surface area contributed by atoms with Crippen LogP contribution in [0.3, 0.4) is 0 Å². The summed E-state index contributed by atoms with van der Waals surface area (Å²) >= 11 is 0. The fourth-order valence-corrected chi connectivity index (χ4v) is 3.31. The first kappa shape index (κ1) is 28.7. The third-order valence-electron chi connectivity index (χ3n) is 5.17. The highest BCUT2D eigenvalue weighted by Gasteiger charge is 2.18. The van der Waals surface area contributed by atoms with Gasteiger partial charge in [0.05, 0.1) is 13.2 Å². The van der Waals surface area contributed by atoms with Crippen molar-refractivity contribution in [1.82, 2.24) is 4.90 Å². The number of amides is 1. The zero-order valence-electron chi connectivity index (χ0n) is 20.4. The maximum atomic E-state index is 12.4. The number of carboxylic acid groups (broad SMARTS) is 1. The first-order valence-electron chi connectivity index (χ1n) is 12.0. The molecule has 0 aliphatic rings. The van der Waals surface area contributed by atoms with E-state index in [9.17, 15) is 14.7 Å². The van der Waals surface area contributed by atoms with Crippen molar-refractivity contribution in [3.63, 3.8) is 0 Å². The van der Waals surface area contributed by atoms with Crippen LogP contribution >= 0.6 is 0 Å². The summed E-state index contributed by atoms with van der Waals surface area (Å²) in [4.78, 5) is 25.3. The summed E-state index contributed by atoms with van der Waals surface area (Å²) in [6, 6.07) is 7.26. The molecule has 0 aromatic heterocycles. The monoisotopic (exact) mass is 467 g/mol. The Balaban J connectivity index is 2.50. The molecule has 0 heterocycles. The van der Waals surface area contributed by atoms with Crippen LogP contribution in [0.15, 0.2) is 24.3 Å². The van der Waals surface area contributed by atoms with Crippen molar-refractivity contribution in [2.24, 2.45) is 0 Å². The molecule has 1 amide bonds. The Hall–Kier alpha value is -2.32. The number of hydrogen-bond donors (Lipinski definition) is 1. The average molecular weight is 468 g/mol. The molecular formula is C25H41NO7. The van der Waals surface area contributed by atoms with Crippen molar-refractivity contribution in [2.75, 3.05) is 46.6 Å². The van der Waals surface area contributed by atoms with Gasteiger partial charge in [-0.1, -0.05) is 51.2 Å². The Labute approximate surface area is 198 Å². The van der Waals surface area contributed by atoms with Gasteiger partial charge in [0.15, 0.2) is 6.10 Å². The molecule has 0 saturated carbocycles. The van der Waals surface area contributed by atoms with E-state index in [1.165, 1.54) is 25.7 Å². The van der Waals surface area contributed by atoms with Gasteiger partial charge in [0.2, 0.25) is 0 Å². The quantitative estimate of drug-likeness (QED) is 0.298. The number of nitrogens with zero attached hydrogens (tertiary/aromatic N) is 1. The lowest BCUT2D eigenvalue weighted by Crippen LogP contribution is -2.36. The van der Waals surface area contributed by atoms with Crippen LogP contribution in [0.4, 0.5) is 4.79 Å². The number of carbonyl (C=O) groups is 2. The van der Waals surface area contributed by atoms with Gasteiger partial charge in [-0.15, -0.1) is 0 Å². The van der Waals surface area contributed by atoms with Gasteiger partial charge in [-0.25, -0.2) is 9.59 Å². The van der Waals surface area contributed by atoms with Crippen molar-refractivity contribution >= 4 is 12.1 Å². The molecule has 1 atom stereocenters. The molecule has 188 valence electrons. The fraction of sp³-hybridized carbons (Fsp3) is 0.680. The first-order chi connectivity index (χ1) is 16.0. The highest BCUT2D eigenvalue weighted by Crippen LogP contribution is 2.15. The van der Waals surface area contributed by atoms with Crippen molar-refractivity contribution in [1.29, 1.82) is 0 Å². The molecule has 1 aromatic rings. The van der Waals surface area contributed by atoms with Gasteiger partial charge in [-0.3, -0.25) is 0 Å². The molecule has 1 aromatic carbocycles. The van der Waals surface area contributed by atoms with E-state index in [2.05, 4.69) is 6.92 Å². The topological polar surface area (TPSA) is 94.5 Å². The molecule has 8 heteroatoms. The number of hydrogen-bond acceptors (Lipinski definition) is 6. The van der Waals surface area contributed by atoms with Gasteiger partial charge in [0.25, 0.3) is 0 Å². The lowest BCUT2D eigenvalue weighted by molar-refractivity contribution is -0.149. The maximum absolute atomic E-state index is 12.4. The first-order valence-corrected chi connectivity index (χ1v) is 12.0. The summed E-state index contributed by atoms with van der Waals surface area (Å²) in [6.07, 6.45) is 5.97. The molecule has 1 rings (SSSR count). The number of benzene rings is 1. The summed E-state index contributed by atoms with van der Waals surface area (Å²) < 4.78 is 21.3. The van der Waals surface area contributed by atoms with E-state index < -0.39 is 12.1 Å². The molecule has 0 spiro atoms.